The van der Waals surface area contributed by atoms with Crippen LogP contribution in [0.3, 0.4) is 0 Å². The van der Waals surface area contributed by atoms with Crippen molar-refractivity contribution in [2.24, 2.45) is 0 Å². The van der Waals surface area contributed by atoms with Gasteiger partial charge in [0.2, 0.25) is 0 Å². The summed E-state index contributed by atoms with van der Waals surface area (Å²) < 4.78 is 5.64. The Bertz CT molecular complexity index is 865. The minimum absolute atomic E-state index is 0.0154. The summed E-state index contributed by atoms with van der Waals surface area (Å²) in [7, 11) is 3.79. The Balaban J connectivity index is 1.51. The van der Waals surface area contributed by atoms with E-state index in [0.717, 1.165) is 22.3 Å². The van der Waals surface area contributed by atoms with Gasteiger partial charge in [0.1, 0.15) is 12.6 Å². The van der Waals surface area contributed by atoms with Gasteiger partial charge in [0.05, 0.1) is 0 Å². The first kappa shape index (κ1) is 18.5. The predicted molar refractivity (Wildman–Crippen MR) is 105 cm³/mol. The van der Waals surface area contributed by atoms with E-state index in [4.69, 9.17) is 4.74 Å². The number of carboxylic acids is 1. The number of fused-ring (bicyclic) bond motifs is 3. The van der Waals surface area contributed by atoms with Crippen LogP contribution in [0.1, 0.15) is 23.5 Å². The van der Waals surface area contributed by atoms with Gasteiger partial charge in [0.25, 0.3) is 0 Å². The number of hydrogen-bond donors (Lipinski definition) is 1. The van der Waals surface area contributed by atoms with Crippen molar-refractivity contribution < 1.29 is 19.4 Å². The molecular weight excluding hydrogens is 356 g/mol. The van der Waals surface area contributed by atoms with Crippen LogP contribution < -0.4 is 0 Å². The highest BCUT2D eigenvalue weighted by Crippen LogP contribution is 2.44. The summed E-state index contributed by atoms with van der Waals surface area (Å²) in [5, 5.41) is 9.50. The number of carboxylic acid groups (broad SMARTS) is 1. The fraction of sp³-hybridized carbons (Fsp3) is 0.364. The number of hydrogen-bond acceptors (Lipinski definition) is 4. The van der Waals surface area contributed by atoms with Gasteiger partial charge in [-0.25, -0.2) is 9.59 Å². The number of carbonyl (C=O) groups is 2. The fourth-order valence-corrected chi connectivity index (χ4v) is 4.30. The summed E-state index contributed by atoms with van der Waals surface area (Å²) in [6.45, 7) is 0.559. The smallest absolute Gasteiger partial charge is 0.410 e. The van der Waals surface area contributed by atoms with E-state index in [2.05, 4.69) is 24.3 Å². The molecule has 146 valence electrons. The standard InChI is InChI=1S/C22H24N2O4/c1-23(2)14-11-20(21(25)26)24(12-14)22(27)28-13-19-17-9-5-3-7-15(17)16-8-4-6-10-18(16)19/h3-10,14,19-20H,11-13H2,1-2H3,(H,25,26)/t14-,20-/m1/s1. The molecule has 28 heavy (non-hydrogen) atoms. The van der Waals surface area contributed by atoms with Gasteiger partial charge >= 0.3 is 12.1 Å². The lowest BCUT2D eigenvalue weighted by Crippen LogP contribution is -2.41. The SMILES string of the molecule is CN(C)[C@@H]1C[C@H](C(=O)O)N(C(=O)OCC2c3ccccc3-c3ccccc32)C1. The van der Waals surface area contributed by atoms with Crippen molar-refractivity contribution in [3.63, 3.8) is 0 Å². The lowest BCUT2D eigenvalue weighted by Gasteiger charge is -2.23. The van der Waals surface area contributed by atoms with E-state index in [9.17, 15) is 14.7 Å². The number of ether oxygens (including phenoxy) is 1. The minimum Gasteiger partial charge on any atom is -0.480 e. The molecule has 0 unspecified atom stereocenters. The first-order chi connectivity index (χ1) is 13.5. The maximum absolute atomic E-state index is 12.7. The van der Waals surface area contributed by atoms with Crippen LogP contribution in [-0.2, 0) is 9.53 Å². The zero-order valence-electron chi connectivity index (χ0n) is 16.0. The Hall–Kier alpha value is -2.86. The third-order valence-electron chi connectivity index (χ3n) is 5.86. The van der Waals surface area contributed by atoms with Gasteiger partial charge in [-0.3, -0.25) is 4.90 Å². The molecule has 1 aliphatic carbocycles. The third-order valence-corrected chi connectivity index (χ3v) is 5.86. The second-order valence-corrected chi connectivity index (χ2v) is 7.66. The Labute approximate surface area is 164 Å². The Kier molecular flexibility index (Phi) is 4.81. The summed E-state index contributed by atoms with van der Waals surface area (Å²) in [5.74, 6) is -1.02. The average molecular weight is 380 g/mol. The molecule has 1 fully saturated rings. The molecule has 1 heterocycles. The van der Waals surface area contributed by atoms with Crippen molar-refractivity contribution in [3.8, 4) is 11.1 Å². The summed E-state index contributed by atoms with van der Waals surface area (Å²) in [5.41, 5.74) is 4.60. The lowest BCUT2D eigenvalue weighted by molar-refractivity contribution is -0.141. The highest BCUT2D eigenvalue weighted by molar-refractivity contribution is 5.81. The van der Waals surface area contributed by atoms with Gasteiger partial charge in [0, 0.05) is 18.5 Å². The zero-order chi connectivity index (χ0) is 19.8. The summed E-state index contributed by atoms with van der Waals surface area (Å²) in [4.78, 5) is 27.6. The van der Waals surface area contributed by atoms with Crippen LogP contribution in [0, 0.1) is 0 Å². The normalized spacial score (nSPS) is 20.9. The Morgan fingerprint density at radius 3 is 2.18 bits per heavy atom. The van der Waals surface area contributed by atoms with Gasteiger partial charge in [-0.05, 0) is 42.8 Å². The molecule has 6 nitrogen and oxygen atoms in total. The van der Waals surface area contributed by atoms with Gasteiger partial charge in [0.15, 0.2) is 0 Å². The highest BCUT2D eigenvalue weighted by Gasteiger charge is 2.41. The molecule has 1 aliphatic heterocycles. The van der Waals surface area contributed by atoms with E-state index in [1.54, 1.807) is 0 Å². The number of likely N-dealkylation sites (tertiary alicyclic amines) is 1. The number of aliphatic carboxylic acids is 1. The molecule has 0 bridgehead atoms. The van der Waals surface area contributed by atoms with Gasteiger partial charge in [-0.15, -0.1) is 0 Å². The maximum atomic E-state index is 12.7. The van der Waals surface area contributed by atoms with Crippen LogP contribution in [0.4, 0.5) is 4.79 Å². The van der Waals surface area contributed by atoms with Crippen LogP contribution >= 0.6 is 0 Å². The molecule has 0 aromatic heterocycles. The van der Waals surface area contributed by atoms with Crippen molar-refractivity contribution in [2.45, 2.75) is 24.4 Å². The second kappa shape index (κ2) is 7.28. The molecule has 1 amide bonds. The molecule has 2 aromatic carbocycles. The minimum atomic E-state index is -0.988. The summed E-state index contributed by atoms with van der Waals surface area (Å²) in [6, 6.07) is 15.4. The largest absolute Gasteiger partial charge is 0.480 e. The van der Waals surface area contributed by atoms with Gasteiger partial charge in [-0.1, -0.05) is 48.5 Å². The molecule has 0 spiro atoms. The molecule has 0 saturated carbocycles. The second-order valence-electron chi connectivity index (χ2n) is 7.66. The van der Waals surface area contributed by atoms with E-state index in [0.29, 0.717) is 13.0 Å². The van der Waals surface area contributed by atoms with Crippen LogP contribution in [0.5, 0.6) is 0 Å². The van der Waals surface area contributed by atoms with E-state index in [1.165, 1.54) is 4.90 Å². The average Bonchev–Trinajstić information content (AvgIpc) is 3.27. The topological polar surface area (TPSA) is 70.1 Å². The van der Waals surface area contributed by atoms with E-state index in [-0.39, 0.29) is 18.6 Å². The molecule has 2 aromatic rings. The predicted octanol–water partition coefficient (Wildman–Crippen LogP) is 3.02. The molecule has 4 rings (SSSR count). The number of carbonyl (C=O) groups excluding carboxylic acids is 1. The van der Waals surface area contributed by atoms with E-state index < -0.39 is 18.1 Å². The van der Waals surface area contributed by atoms with E-state index >= 15 is 0 Å². The molecule has 2 atom stereocenters. The fourth-order valence-electron chi connectivity index (χ4n) is 4.30. The van der Waals surface area contributed by atoms with Gasteiger partial charge < -0.3 is 14.7 Å². The monoisotopic (exact) mass is 380 g/mol. The quantitative estimate of drug-likeness (QED) is 0.883. The van der Waals surface area contributed by atoms with Gasteiger partial charge in [-0.2, -0.15) is 0 Å². The molecular formula is C22H24N2O4. The molecule has 0 radical (unpaired) electrons. The molecule has 2 aliphatic rings. The summed E-state index contributed by atoms with van der Waals surface area (Å²) >= 11 is 0. The molecule has 1 N–H and O–H groups in total. The number of likely N-dealkylation sites (N-methyl/N-ethyl adjacent to an activating group) is 1. The zero-order valence-corrected chi connectivity index (χ0v) is 16.0. The van der Waals surface area contributed by atoms with Crippen molar-refractivity contribution in [2.75, 3.05) is 27.2 Å². The number of amides is 1. The first-order valence-electron chi connectivity index (χ1n) is 9.48. The first-order valence-corrected chi connectivity index (χ1v) is 9.48. The number of rotatable bonds is 4. The van der Waals surface area contributed by atoms with Crippen LogP contribution in [0.15, 0.2) is 48.5 Å². The Morgan fingerprint density at radius 2 is 1.64 bits per heavy atom. The maximum Gasteiger partial charge on any atom is 0.410 e. The summed E-state index contributed by atoms with van der Waals surface area (Å²) in [6.07, 6.45) is -0.148. The van der Waals surface area contributed by atoms with E-state index in [1.807, 2.05) is 43.3 Å². The number of nitrogens with zero attached hydrogens (tertiary/aromatic N) is 2. The number of benzene rings is 2. The van der Waals surface area contributed by atoms with Crippen molar-refractivity contribution in [1.29, 1.82) is 0 Å². The van der Waals surface area contributed by atoms with Crippen molar-refractivity contribution in [1.82, 2.24) is 9.80 Å². The van der Waals surface area contributed by atoms with Crippen molar-refractivity contribution >= 4 is 12.1 Å². The Morgan fingerprint density at radius 1 is 1.07 bits per heavy atom. The third kappa shape index (κ3) is 3.14. The van der Waals surface area contributed by atoms with Crippen LogP contribution in [0.25, 0.3) is 11.1 Å². The van der Waals surface area contributed by atoms with Crippen molar-refractivity contribution in [3.05, 3.63) is 59.7 Å². The van der Waals surface area contributed by atoms with Crippen LogP contribution in [-0.4, -0.2) is 66.3 Å². The molecule has 6 heteroatoms. The molecule has 1 saturated heterocycles. The van der Waals surface area contributed by atoms with Crippen LogP contribution in [0.2, 0.25) is 0 Å². The lowest BCUT2D eigenvalue weighted by atomic mass is 9.98. The highest BCUT2D eigenvalue weighted by atomic mass is 16.6.